The molecule has 2 aromatic carbocycles. The molecule has 0 heterocycles. The van der Waals surface area contributed by atoms with Gasteiger partial charge in [-0.2, -0.15) is 0 Å². The number of carbonyl (C=O) groups is 2. The molecule has 0 radical (unpaired) electrons. The number of nitrogens with zero attached hydrogens (tertiary/aromatic N) is 1. The van der Waals surface area contributed by atoms with Crippen LogP contribution in [0.3, 0.4) is 0 Å². The van der Waals surface area contributed by atoms with Crippen LogP contribution in [0.25, 0.3) is 0 Å². The van der Waals surface area contributed by atoms with E-state index in [2.05, 4.69) is 10.6 Å². The molecular weight excluding hydrogens is 338 g/mol. The van der Waals surface area contributed by atoms with Crippen molar-refractivity contribution in [1.29, 1.82) is 0 Å². The topological polar surface area (TPSA) is 111 Å². The lowest BCUT2D eigenvalue weighted by Gasteiger charge is -2.09. The number of hydrogen-bond acceptors (Lipinski definition) is 5. The zero-order valence-corrected chi connectivity index (χ0v) is 14.4. The summed E-state index contributed by atoms with van der Waals surface area (Å²) >= 11 is 0. The molecule has 8 nitrogen and oxygen atoms in total. The molecule has 0 atom stereocenters. The Bertz CT molecular complexity index is 835. The van der Waals surface area contributed by atoms with Crippen LogP contribution in [0.4, 0.5) is 11.4 Å². The third-order valence-electron chi connectivity index (χ3n) is 3.44. The summed E-state index contributed by atoms with van der Waals surface area (Å²) in [5.41, 5.74) is 0.650. The molecule has 0 saturated heterocycles. The van der Waals surface area contributed by atoms with Crippen LogP contribution >= 0.6 is 0 Å². The van der Waals surface area contributed by atoms with Crippen molar-refractivity contribution in [2.75, 3.05) is 18.5 Å². The fourth-order valence-electron chi connectivity index (χ4n) is 2.28. The first-order valence-electron chi connectivity index (χ1n) is 8.07. The summed E-state index contributed by atoms with van der Waals surface area (Å²) < 4.78 is 5.20. The second-order valence-corrected chi connectivity index (χ2v) is 5.27. The number of rotatable bonds is 7. The average molecular weight is 357 g/mol. The Labute approximate surface area is 150 Å². The van der Waals surface area contributed by atoms with E-state index < -0.39 is 10.8 Å². The highest BCUT2D eigenvalue weighted by molar-refractivity contribution is 6.05. The normalized spacial score (nSPS) is 10.1. The Morgan fingerprint density at radius 2 is 1.81 bits per heavy atom. The molecule has 0 aliphatic heterocycles. The number of anilines is 1. The Balaban J connectivity index is 2.22. The van der Waals surface area contributed by atoms with Gasteiger partial charge in [0.25, 0.3) is 11.8 Å². The van der Waals surface area contributed by atoms with Crippen LogP contribution in [0.5, 0.6) is 5.75 Å². The van der Waals surface area contributed by atoms with Gasteiger partial charge in [-0.1, -0.05) is 6.07 Å². The molecule has 8 heteroatoms. The van der Waals surface area contributed by atoms with Crippen molar-refractivity contribution < 1.29 is 19.2 Å². The molecule has 0 unspecified atom stereocenters. The van der Waals surface area contributed by atoms with E-state index in [0.717, 1.165) is 6.07 Å². The molecule has 2 aromatic rings. The van der Waals surface area contributed by atoms with Crippen molar-refractivity contribution in [2.24, 2.45) is 0 Å². The van der Waals surface area contributed by atoms with E-state index in [1.165, 1.54) is 18.2 Å². The highest BCUT2D eigenvalue weighted by Gasteiger charge is 2.19. The molecular formula is C18H19N3O5. The lowest BCUT2D eigenvalue weighted by Crippen LogP contribution is -2.22. The summed E-state index contributed by atoms with van der Waals surface area (Å²) in [5, 5.41) is 16.5. The Morgan fingerprint density at radius 1 is 1.08 bits per heavy atom. The van der Waals surface area contributed by atoms with Gasteiger partial charge in [0.15, 0.2) is 5.75 Å². The molecule has 0 bridgehead atoms. The number of nitro benzene ring substituents is 1. The fraction of sp³-hybridized carbons (Fsp3) is 0.222. The standard InChI is InChI=1S/C18H19N3O5/c1-3-19-17(22)12-6-5-7-14(10-12)20-18(23)13-8-9-16(26-4-2)15(11-13)21(24)25/h5-11H,3-4H2,1-2H3,(H,19,22)(H,20,23). The van der Waals surface area contributed by atoms with Gasteiger partial charge in [-0.25, -0.2) is 0 Å². The third-order valence-corrected chi connectivity index (χ3v) is 3.44. The van der Waals surface area contributed by atoms with Crippen LogP contribution in [0.1, 0.15) is 34.6 Å². The number of carbonyl (C=O) groups excluding carboxylic acids is 2. The molecule has 0 fully saturated rings. The third kappa shape index (κ3) is 4.56. The van der Waals surface area contributed by atoms with E-state index in [9.17, 15) is 19.7 Å². The zero-order valence-electron chi connectivity index (χ0n) is 14.4. The highest BCUT2D eigenvalue weighted by atomic mass is 16.6. The maximum Gasteiger partial charge on any atom is 0.311 e. The number of ether oxygens (including phenoxy) is 1. The van der Waals surface area contributed by atoms with Crippen LogP contribution in [0, 0.1) is 10.1 Å². The molecule has 0 aliphatic carbocycles. The van der Waals surface area contributed by atoms with E-state index in [0.29, 0.717) is 17.8 Å². The maximum atomic E-state index is 12.4. The number of hydrogen-bond donors (Lipinski definition) is 2. The maximum absolute atomic E-state index is 12.4. The Hall–Kier alpha value is -3.42. The van der Waals surface area contributed by atoms with Crippen LogP contribution in [-0.4, -0.2) is 29.9 Å². The van der Waals surface area contributed by atoms with Crippen molar-refractivity contribution in [3.05, 3.63) is 63.7 Å². The smallest absolute Gasteiger partial charge is 0.311 e. The minimum atomic E-state index is -0.600. The Morgan fingerprint density at radius 3 is 2.46 bits per heavy atom. The SMILES string of the molecule is CCNC(=O)c1cccc(NC(=O)c2ccc(OCC)c([N+](=O)[O-])c2)c1. The monoisotopic (exact) mass is 357 g/mol. The highest BCUT2D eigenvalue weighted by Crippen LogP contribution is 2.28. The average Bonchev–Trinajstić information content (AvgIpc) is 2.62. The predicted molar refractivity (Wildman–Crippen MR) is 96.7 cm³/mol. The number of nitro groups is 1. The summed E-state index contributed by atoms with van der Waals surface area (Å²) in [7, 11) is 0. The van der Waals surface area contributed by atoms with Crippen molar-refractivity contribution >= 4 is 23.2 Å². The van der Waals surface area contributed by atoms with Gasteiger partial charge in [-0.3, -0.25) is 19.7 Å². The van der Waals surface area contributed by atoms with Gasteiger partial charge in [0.05, 0.1) is 11.5 Å². The van der Waals surface area contributed by atoms with E-state index >= 15 is 0 Å². The van der Waals surface area contributed by atoms with Crippen LogP contribution in [0.15, 0.2) is 42.5 Å². The second kappa shape index (κ2) is 8.61. The van der Waals surface area contributed by atoms with Crippen molar-refractivity contribution in [2.45, 2.75) is 13.8 Å². The van der Waals surface area contributed by atoms with E-state index in [1.807, 2.05) is 6.92 Å². The molecule has 2 rings (SSSR count). The van der Waals surface area contributed by atoms with Crippen molar-refractivity contribution in [3.63, 3.8) is 0 Å². The van der Waals surface area contributed by atoms with Crippen molar-refractivity contribution in [1.82, 2.24) is 5.32 Å². The summed E-state index contributed by atoms with van der Waals surface area (Å²) in [5.74, 6) is -0.670. The van der Waals surface area contributed by atoms with Crippen LogP contribution in [-0.2, 0) is 0 Å². The number of nitrogens with one attached hydrogen (secondary N) is 2. The molecule has 26 heavy (non-hydrogen) atoms. The van der Waals surface area contributed by atoms with Gasteiger partial charge < -0.3 is 15.4 Å². The molecule has 0 saturated carbocycles. The van der Waals surface area contributed by atoms with E-state index in [1.54, 1.807) is 25.1 Å². The summed E-state index contributed by atoms with van der Waals surface area (Å²) in [6.45, 7) is 4.29. The van der Waals surface area contributed by atoms with Crippen LogP contribution < -0.4 is 15.4 Å². The molecule has 0 spiro atoms. The quantitative estimate of drug-likeness (QED) is 0.584. The van der Waals surface area contributed by atoms with Crippen molar-refractivity contribution in [3.8, 4) is 5.75 Å². The van der Waals surface area contributed by atoms with Gasteiger partial charge >= 0.3 is 5.69 Å². The molecule has 2 N–H and O–H groups in total. The van der Waals surface area contributed by atoms with Gasteiger partial charge in [0.2, 0.25) is 0 Å². The number of amides is 2. The predicted octanol–water partition coefficient (Wildman–Crippen LogP) is 3.00. The second-order valence-electron chi connectivity index (χ2n) is 5.27. The van der Waals surface area contributed by atoms with E-state index in [4.69, 9.17) is 4.74 Å². The zero-order chi connectivity index (χ0) is 19.1. The first-order chi connectivity index (χ1) is 12.5. The summed E-state index contributed by atoms with van der Waals surface area (Å²) in [6, 6.07) is 10.4. The fourth-order valence-corrected chi connectivity index (χ4v) is 2.28. The molecule has 0 aliphatic rings. The Kier molecular flexibility index (Phi) is 6.26. The lowest BCUT2D eigenvalue weighted by molar-refractivity contribution is -0.385. The van der Waals surface area contributed by atoms with Gasteiger partial charge in [-0.05, 0) is 44.2 Å². The summed E-state index contributed by atoms with van der Waals surface area (Å²) in [4.78, 5) is 34.8. The first kappa shape index (κ1) is 18.9. The van der Waals surface area contributed by atoms with E-state index in [-0.39, 0.29) is 29.5 Å². The van der Waals surface area contributed by atoms with Gasteiger partial charge in [-0.15, -0.1) is 0 Å². The number of benzene rings is 2. The molecule has 136 valence electrons. The first-order valence-corrected chi connectivity index (χ1v) is 8.07. The summed E-state index contributed by atoms with van der Waals surface area (Å²) in [6.07, 6.45) is 0. The minimum absolute atomic E-state index is 0.104. The van der Waals surface area contributed by atoms with Gasteiger partial charge in [0.1, 0.15) is 0 Å². The van der Waals surface area contributed by atoms with Gasteiger partial charge in [0, 0.05) is 29.4 Å². The lowest BCUT2D eigenvalue weighted by atomic mass is 10.1. The molecule has 0 aromatic heterocycles. The molecule has 2 amide bonds. The minimum Gasteiger partial charge on any atom is -0.487 e. The van der Waals surface area contributed by atoms with Crippen LogP contribution in [0.2, 0.25) is 0 Å². The largest absolute Gasteiger partial charge is 0.487 e.